The predicted molar refractivity (Wildman–Crippen MR) is 59.4 cm³/mol. The van der Waals surface area contributed by atoms with Crippen molar-refractivity contribution in [3.05, 3.63) is 41.6 Å². The van der Waals surface area contributed by atoms with Gasteiger partial charge >= 0.3 is 0 Å². The summed E-state index contributed by atoms with van der Waals surface area (Å²) in [7, 11) is 1.63. The molecule has 0 spiro atoms. The van der Waals surface area contributed by atoms with Gasteiger partial charge < -0.3 is 4.74 Å². The molecule has 0 bridgehead atoms. The van der Waals surface area contributed by atoms with Crippen LogP contribution < -0.4 is 4.74 Å². The van der Waals surface area contributed by atoms with Crippen LogP contribution in [0.3, 0.4) is 0 Å². The molecule has 2 heteroatoms. The Bertz CT molecular complexity index is 367. The lowest BCUT2D eigenvalue weighted by Gasteiger charge is -2.05. The van der Waals surface area contributed by atoms with E-state index in [-0.39, 0.29) is 0 Å². The van der Waals surface area contributed by atoms with Gasteiger partial charge in [-0.25, -0.2) is 4.98 Å². The Kier molecular flexibility index (Phi) is 3.46. The molecule has 0 radical (unpaired) electrons. The summed E-state index contributed by atoms with van der Waals surface area (Å²) in [5, 5.41) is 0. The molecule has 74 valence electrons. The van der Waals surface area contributed by atoms with Crippen LogP contribution in [-0.2, 0) is 0 Å². The van der Waals surface area contributed by atoms with Crippen molar-refractivity contribution in [3.63, 3.8) is 0 Å². The first-order chi connectivity index (χ1) is 6.69. The maximum atomic E-state index is 5.13. The standard InChI is InChI=1S/C12H15NO/c1-5-9(2)8-11-6-7-13-12(14-4)10(11)3/h5-8H,1H2,2-4H3/b9-8-. The Morgan fingerprint density at radius 1 is 1.57 bits per heavy atom. The molecule has 14 heavy (non-hydrogen) atoms. The van der Waals surface area contributed by atoms with E-state index in [0.717, 1.165) is 16.7 Å². The van der Waals surface area contributed by atoms with Gasteiger partial charge in [0.1, 0.15) is 0 Å². The van der Waals surface area contributed by atoms with Crippen LogP contribution in [0.1, 0.15) is 18.1 Å². The average Bonchev–Trinajstić information content (AvgIpc) is 2.21. The number of ether oxygens (including phenoxy) is 1. The highest BCUT2D eigenvalue weighted by molar-refractivity contribution is 5.59. The van der Waals surface area contributed by atoms with Crippen LogP contribution in [0.2, 0.25) is 0 Å². The number of aromatic nitrogens is 1. The molecule has 0 N–H and O–H groups in total. The summed E-state index contributed by atoms with van der Waals surface area (Å²) in [6, 6.07) is 1.96. The van der Waals surface area contributed by atoms with Crippen molar-refractivity contribution in [2.24, 2.45) is 0 Å². The summed E-state index contributed by atoms with van der Waals surface area (Å²) in [6.45, 7) is 7.72. The first-order valence-electron chi connectivity index (χ1n) is 4.49. The topological polar surface area (TPSA) is 22.1 Å². The Balaban J connectivity index is 3.16. The Hall–Kier alpha value is -1.57. The third-order valence-corrected chi connectivity index (χ3v) is 2.10. The van der Waals surface area contributed by atoms with Gasteiger partial charge in [-0.15, -0.1) is 0 Å². The molecular weight excluding hydrogens is 174 g/mol. The average molecular weight is 189 g/mol. The molecule has 1 aromatic rings. The lowest BCUT2D eigenvalue weighted by atomic mass is 10.1. The molecule has 0 aromatic carbocycles. The number of rotatable bonds is 3. The van der Waals surface area contributed by atoms with E-state index in [1.807, 2.05) is 26.0 Å². The van der Waals surface area contributed by atoms with E-state index in [2.05, 4.69) is 17.6 Å². The molecule has 0 aliphatic heterocycles. The van der Waals surface area contributed by atoms with Gasteiger partial charge in [0.05, 0.1) is 7.11 Å². The van der Waals surface area contributed by atoms with E-state index in [1.165, 1.54) is 0 Å². The Labute approximate surface area is 84.9 Å². The Morgan fingerprint density at radius 3 is 2.86 bits per heavy atom. The van der Waals surface area contributed by atoms with Gasteiger partial charge in [0.2, 0.25) is 5.88 Å². The highest BCUT2D eigenvalue weighted by Crippen LogP contribution is 2.20. The van der Waals surface area contributed by atoms with Crippen molar-refractivity contribution in [1.82, 2.24) is 4.98 Å². The Morgan fingerprint density at radius 2 is 2.29 bits per heavy atom. The smallest absolute Gasteiger partial charge is 0.216 e. The van der Waals surface area contributed by atoms with E-state index in [0.29, 0.717) is 5.88 Å². The highest BCUT2D eigenvalue weighted by Gasteiger charge is 2.02. The van der Waals surface area contributed by atoms with Crippen LogP contribution in [0, 0.1) is 6.92 Å². The highest BCUT2D eigenvalue weighted by atomic mass is 16.5. The molecule has 0 atom stereocenters. The zero-order valence-electron chi connectivity index (χ0n) is 8.87. The van der Waals surface area contributed by atoms with Gasteiger partial charge in [0.15, 0.2) is 0 Å². The van der Waals surface area contributed by atoms with E-state index in [9.17, 15) is 0 Å². The fourth-order valence-corrected chi connectivity index (χ4v) is 1.20. The van der Waals surface area contributed by atoms with Crippen LogP contribution in [0.4, 0.5) is 0 Å². The first kappa shape index (κ1) is 10.5. The van der Waals surface area contributed by atoms with Crippen LogP contribution in [-0.4, -0.2) is 12.1 Å². The van der Waals surface area contributed by atoms with Crippen molar-refractivity contribution < 1.29 is 4.74 Å². The minimum atomic E-state index is 0.676. The molecule has 2 nitrogen and oxygen atoms in total. The van der Waals surface area contributed by atoms with E-state index < -0.39 is 0 Å². The number of allylic oxidation sites excluding steroid dienone is 2. The first-order valence-corrected chi connectivity index (χ1v) is 4.49. The summed E-state index contributed by atoms with van der Waals surface area (Å²) < 4.78 is 5.13. The summed E-state index contributed by atoms with van der Waals surface area (Å²) >= 11 is 0. The molecule has 0 fully saturated rings. The molecule has 0 unspecified atom stereocenters. The maximum absolute atomic E-state index is 5.13. The molecule has 0 saturated carbocycles. The molecule has 0 aliphatic rings. The van der Waals surface area contributed by atoms with Crippen molar-refractivity contribution in [2.45, 2.75) is 13.8 Å². The summed E-state index contributed by atoms with van der Waals surface area (Å²) in [5.41, 5.74) is 3.30. The zero-order chi connectivity index (χ0) is 10.6. The van der Waals surface area contributed by atoms with Gasteiger partial charge in [-0.1, -0.05) is 24.3 Å². The third kappa shape index (κ3) is 2.22. The lowest BCUT2D eigenvalue weighted by molar-refractivity contribution is 0.394. The van der Waals surface area contributed by atoms with Crippen molar-refractivity contribution in [1.29, 1.82) is 0 Å². The summed E-state index contributed by atoms with van der Waals surface area (Å²) in [4.78, 5) is 4.11. The normalized spacial score (nSPS) is 11.2. The molecule has 0 aliphatic carbocycles. The largest absolute Gasteiger partial charge is 0.481 e. The molecule has 1 heterocycles. The van der Waals surface area contributed by atoms with Crippen molar-refractivity contribution in [2.75, 3.05) is 7.11 Å². The van der Waals surface area contributed by atoms with Gasteiger partial charge in [-0.2, -0.15) is 0 Å². The van der Waals surface area contributed by atoms with E-state index in [1.54, 1.807) is 13.3 Å². The summed E-state index contributed by atoms with van der Waals surface area (Å²) in [6.07, 6.45) is 5.63. The second kappa shape index (κ2) is 4.61. The monoisotopic (exact) mass is 189 g/mol. The molecular formula is C12H15NO. The minimum Gasteiger partial charge on any atom is -0.481 e. The fraction of sp³-hybridized carbons (Fsp3) is 0.250. The number of hydrogen-bond acceptors (Lipinski definition) is 2. The second-order valence-corrected chi connectivity index (χ2v) is 3.13. The van der Waals surface area contributed by atoms with E-state index >= 15 is 0 Å². The number of methoxy groups -OCH3 is 1. The molecule has 0 saturated heterocycles. The second-order valence-electron chi connectivity index (χ2n) is 3.13. The maximum Gasteiger partial charge on any atom is 0.216 e. The fourth-order valence-electron chi connectivity index (χ4n) is 1.20. The third-order valence-electron chi connectivity index (χ3n) is 2.10. The van der Waals surface area contributed by atoms with Crippen LogP contribution in [0.15, 0.2) is 30.5 Å². The summed E-state index contributed by atoms with van der Waals surface area (Å²) in [5.74, 6) is 0.676. The quantitative estimate of drug-likeness (QED) is 0.682. The zero-order valence-corrected chi connectivity index (χ0v) is 8.87. The van der Waals surface area contributed by atoms with Crippen LogP contribution in [0.5, 0.6) is 5.88 Å². The van der Waals surface area contributed by atoms with Gasteiger partial charge in [-0.05, 0) is 25.5 Å². The van der Waals surface area contributed by atoms with Gasteiger partial charge in [0, 0.05) is 11.8 Å². The van der Waals surface area contributed by atoms with Gasteiger partial charge in [-0.3, -0.25) is 0 Å². The van der Waals surface area contributed by atoms with Crippen molar-refractivity contribution >= 4 is 6.08 Å². The number of pyridine rings is 1. The minimum absolute atomic E-state index is 0.676. The SMILES string of the molecule is C=C/C(C)=C\c1ccnc(OC)c1C. The van der Waals surface area contributed by atoms with Crippen molar-refractivity contribution in [3.8, 4) is 5.88 Å². The van der Waals surface area contributed by atoms with Gasteiger partial charge in [0.25, 0.3) is 0 Å². The molecule has 0 amide bonds. The molecule has 1 rings (SSSR count). The number of nitrogens with zero attached hydrogens (tertiary/aromatic N) is 1. The number of hydrogen-bond donors (Lipinski definition) is 0. The van der Waals surface area contributed by atoms with E-state index in [4.69, 9.17) is 4.74 Å². The lowest BCUT2D eigenvalue weighted by Crippen LogP contribution is -1.92. The van der Waals surface area contributed by atoms with Crippen LogP contribution >= 0.6 is 0 Å². The predicted octanol–water partition coefficient (Wildman–Crippen LogP) is 2.99. The van der Waals surface area contributed by atoms with Crippen LogP contribution in [0.25, 0.3) is 6.08 Å². The molecule has 1 aromatic heterocycles.